The molecule has 1 aliphatic heterocycles. The minimum Gasteiger partial charge on any atom is -0.491 e. The molecule has 1 heterocycles. The number of nitrogens with one attached hydrogen (secondary N) is 1. The molecule has 0 aliphatic carbocycles. The maximum atomic E-state index is 10.9. The molecule has 3 N–H and O–H groups in total. The Morgan fingerprint density at radius 3 is 2.67 bits per heavy atom. The predicted molar refractivity (Wildman–Crippen MR) is 65.5 cm³/mol. The van der Waals surface area contributed by atoms with Crippen LogP contribution in [0.15, 0.2) is 24.3 Å². The summed E-state index contributed by atoms with van der Waals surface area (Å²) in [6.45, 7) is 0.789. The highest BCUT2D eigenvalue weighted by Crippen LogP contribution is 2.28. The molecule has 0 amide bonds. The van der Waals surface area contributed by atoms with E-state index < -0.39 is 5.97 Å². The van der Waals surface area contributed by atoms with Crippen LogP contribution >= 0.6 is 0 Å². The number of hydrogen-bond acceptors (Lipinski definition) is 4. The first-order valence-corrected chi connectivity index (χ1v) is 6.00. The number of rotatable bonds is 5. The zero-order valence-electron chi connectivity index (χ0n) is 10.0. The number of carbonyl (C=O) groups is 1. The summed E-state index contributed by atoms with van der Waals surface area (Å²) in [4.78, 5) is 10.9. The summed E-state index contributed by atoms with van der Waals surface area (Å²) < 4.78 is 5.27. The van der Waals surface area contributed by atoms with Crippen LogP contribution < -0.4 is 10.1 Å². The van der Waals surface area contributed by atoms with Gasteiger partial charge in [0.15, 0.2) is 0 Å². The first-order chi connectivity index (χ1) is 8.70. The molecule has 0 bridgehead atoms. The van der Waals surface area contributed by atoms with Gasteiger partial charge in [0, 0.05) is 12.6 Å². The standard InChI is InChI=1S/C13H17NO4/c15-5-6-18-11-3-1-9(2-4-11)12-7-10(8-14-12)13(16)17/h1-4,10,12,14-15H,5-8H2,(H,16,17). The Morgan fingerprint density at radius 2 is 2.11 bits per heavy atom. The average Bonchev–Trinajstić information content (AvgIpc) is 2.87. The van der Waals surface area contributed by atoms with E-state index in [0.29, 0.717) is 18.7 Å². The van der Waals surface area contributed by atoms with E-state index in [4.69, 9.17) is 14.9 Å². The summed E-state index contributed by atoms with van der Waals surface area (Å²) in [6, 6.07) is 7.61. The third-order valence-corrected chi connectivity index (χ3v) is 3.12. The summed E-state index contributed by atoms with van der Waals surface area (Å²) in [5, 5.41) is 20.8. The SMILES string of the molecule is O=C(O)C1CNC(c2ccc(OCCO)cc2)C1. The third kappa shape index (κ3) is 3.00. The molecule has 5 nitrogen and oxygen atoms in total. The molecule has 0 saturated carbocycles. The monoisotopic (exact) mass is 251 g/mol. The third-order valence-electron chi connectivity index (χ3n) is 3.12. The van der Waals surface area contributed by atoms with E-state index in [9.17, 15) is 4.79 Å². The normalized spacial score (nSPS) is 22.9. The van der Waals surface area contributed by atoms with Crippen LogP contribution in [0.5, 0.6) is 5.75 Å². The van der Waals surface area contributed by atoms with Gasteiger partial charge in [-0.2, -0.15) is 0 Å². The predicted octanol–water partition coefficient (Wildman–Crippen LogP) is 0.793. The molecule has 0 aromatic heterocycles. The van der Waals surface area contributed by atoms with Crippen LogP contribution in [0.4, 0.5) is 0 Å². The number of aliphatic carboxylic acids is 1. The number of aliphatic hydroxyl groups is 1. The zero-order valence-corrected chi connectivity index (χ0v) is 10.0. The summed E-state index contributed by atoms with van der Waals surface area (Å²) in [6.07, 6.45) is 0.617. The number of benzene rings is 1. The van der Waals surface area contributed by atoms with Gasteiger partial charge >= 0.3 is 5.97 Å². The number of ether oxygens (including phenoxy) is 1. The van der Waals surface area contributed by atoms with Crippen molar-refractivity contribution in [3.05, 3.63) is 29.8 Å². The Hall–Kier alpha value is -1.59. The number of carboxylic acid groups (broad SMARTS) is 1. The first-order valence-electron chi connectivity index (χ1n) is 6.00. The highest BCUT2D eigenvalue weighted by Gasteiger charge is 2.29. The second-order valence-corrected chi connectivity index (χ2v) is 4.37. The molecule has 2 rings (SSSR count). The topological polar surface area (TPSA) is 78.8 Å². The second-order valence-electron chi connectivity index (χ2n) is 4.37. The Kier molecular flexibility index (Phi) is 4.17. The molecule has 18 heavy (non-hydrogen) atoms. The van der Waals surface area contributed by atoms with Gasteiger partial charge in [0.25, 0.3) is 0 Å². The lowest BCUT2D eigenvalue weighted by Crippen LogP contribution is -2.17. The summed E-state index contributed by atoms with van der Waals surface area (Å²) in [5.74, 6) is -0.339. The quantitative estimate of drug-likeness (QED) is 0.721. The van der Waals surface area contributed by atoms with E-state index in [1.54, 1.807) is 0 Å². The summed E-state index contributed by atoms with van der Waals surface area (Å²) >= 11 is 0. The lowest BCUT2D eigenvalue weighted by Gasteiger charge is -2.11. The first kappa shape index (κ1) is 12.9. The molecule has 0 spiro atoms. The van der Waals surface area contributed by atoms with E-state index in [0.717, 1.165) is 5.56 Å². The fourth-order valence-electron chi connectivity index (χ4n) is 2.14. The minimum absolute atomic E-state index is 0.00771. The van der Waals surface area contributed by atoms with Gasteiger partial charge in [0.05, 0.1) is 12.5 Å². The Balaban J connectivity index is 1.96. The molecule has 1 aromatic rings. The Labute approximate surface area is 105 Å². The van der Waals surface area contributed by atoms with Crippen LogP contribution in [0.25, 0.3) is 0 Å². The number of hydrogen-bond donors (Lipinski definition) is 3. The van der Waals surface area contributed by atoms with Gasteiger partial charge in [-0.1, -0.05) is 12.1 Å². The van der Waals surface area contributed by atoms with Crippen LogP contribution in [0.3, 0.4) is 0 Å². The van der Waals surface area contributed by atoms with Gasteiger partial charge in [-0.3, -0.25) is 4.79 Å². The van der Waals surface area contributed by atoms with E-state index in [1.165, 1.54) is 0 Å². The molecular formula is C13H17NO4. The molecule has 0 radical (unpaired) electrons. The van der Waals surface area contributed by atoms with Crippen molar-refractivity contribution >= 4 is 5.97 Å². The van der Waals surface area contributed by atoms with Crippen molar-refractivity contribution in [1.82, 2.24) is 5.32 Å². The van der Waals surface area contributed by atoms with Crippen LogP contribution in [0, 0.1) is 5.92 Å². The fourth-order valence-corrected chi connectivity index (χ4v) is 2.14. The fraction of sp³-hybridized carbons (Fsp3) is 0.462. The van der Waals surface area contributed by atoms with Crippen molar-refractivity contribution in [3.8, 4) is 5.75 Å². The van der Waals surface area contributed by atoms with E-state index in [1.807, 2.05) is 24.3 Å². The number of aliphatic hydroxyl groups excluding tert-OH is 1. The van der Waals surface area contributed by atoms with E-state index >= 15 is 0 Å². The van der Waals surface area contributed by atoms with Gasteiger partial charge in [0.1, 0.15) is 12.4 Å². The van der Waals surface area contributed by atoms with Gasteiger partial charge in [-0.25, -0.2) is 0 Å². The van der Waals surface area contributed by atoms with Gasteiger partial charge in [-0.05, 0) is 24.1 Å². The average molecular weight is 251 g/mol. The molecule has 1 aromatic carbocycles. The highest BCUT2D eigenvalue weighted by molar-refractivity contribution is 5.70. The lowest BCUT2D eigenvalue weighted by molar-refractivity contribution is -0.141. The Bertz CT molecular complexity index is 404. The van der Waals surface area contributed by atoms with Crippen LogP contribution in [-0.4, -0.2) is 35.9 Å². The van der Waals surface area contributed by atoms with E-state index in [2.05, 4.69) is 5.32 Å². The van der Waals surface area contributed by atoms with Crippen LogP contribution in [-0.2, 0) is 4.79 Å². The number of carboxylic acids is 1. The van der Waals surface area contributed by atoms with Gasteiger partial charge < -0.3 is 20.3 Å². The lowest BCUT2D eigenvalue weighted by atomic mass is 10.0. The highest BCUT2D eigenvalue weighted by atomic mass is 16.5. The zero-order chi connectivity index (χ0) is 13.0. The second kappa shape index (κ2) is 5.84. The van der Waals surface area contributed by atoms with Gasteiger partial charge in [-0.15, -0.1) is 0 Å². The minimum atomic E-state index is -0.743. The summed E-state index contributed by atoms with van der Waals surface area (Å²) in [7, 11) is 0. The molecule has 2 atom stereocenters. The molecule has 98 valence electrons. The molecule has 1 saturated heterocycles. The largest absolute Gasteiger partial charge is 0.491 e. The van der Waals surface area contributed by atoms with E-state index in [-0.39, 0.29) is 25.2 Å². The van der Waals surface area contributed by atoms with Crippen molar-refractivity contribution in [2.45, 2.75) is 12.5 Å². The molecule has 2 unspecified atom stereocenters. The molecule has 1 fully saturated rings. The van der Waals surface area contributed by atoms with Crippen LogP contribution in [0.1, 0.15) is 18.0 Å². The van der Waals surface area contributed by atoms with Crippen molar-refractivity contribution in [2.75, 3.05) is 19.8 Å². The molecule has 1 aliphatic rings. The van der Waals surface area contributed by atoms with Gasteiger partial charge in [0.2, 0.25) is 0 Å². The Morgan fingerprint density at radius 1 is 1.39 bits per heavy atom. The van der Waals surface area contributed by atoms with Crippen molar-refractivity contribution in [1.29, 1.82) is 0 Å². The smallest absolute Gasteiger partial charge is 0.307 e. The molecular weight excluding hydrogens is 234 g/mol. The van der Waals surface area contributed by atoms with Crippen LogP contribution in [0.2, 0.25) is 0 Å². The van der Waals surface area contributed by atoms with Crippen molar-refractivity contribution in [2.24, 2.45) is 5.92 Å². The van der Waals surface area contributed by atoms with Crippen molar-refractivity contribution < 1.29 is 19.7 Å². The maximum Gasteiger partial charge on any atom is 0.307 e. The molecule has 5 heteroatoms. The van der Waals surface area contributed by atoms with Crippen molar-refractivity contribution in [3.63, 3.8) is 0 Å². The maximum absolute atomic E-state index is 10.9. The summed E-state index contributed by atoms with van der Waals surface area (Å²) in [5.41, 5.74) is 1.06.